The summed E-state index contributed by atoms with van der Waals surface area (Å²) in [6.07, 6.45) is 7.26. The van der Waals surface area contributed by atoms with Gasteiger partial charge in [-0.05, 0) is 32.2 Å². The average Bonchev–Trinajstić information content (AvgIpc) is 2.75. The van der Waals surface area contributed by atoms with Gasteiger partial charge in [-0.3, -0.25) is 14.5 Å². The van der Waals surface area contributed by atoms with E-state index in [1.54, 1.807) is 7.11 Å². The Kier molecular flexibility index (Phi) is 7.30. The maximum absolute atomic E-state index is 12.2. The second-order valence-electron chi connectivity index (χ2n) is 5.11. The van der Waals surface area contributed by atoms with Crippen molar-refractivity contribution < 1.29 is 14.3 Å². The molecule has 20 heavy (non-hydrogen) atoms. The molecule has 0 spiro atoms. The van der Waals surface area contributed by atoms with E-state index in [-0.39, 0.29) is 17.9 Å². The zero-order valence-corrected chi connectivity index (χ0v) is 12.6. The SMILES string of the molecule is CCCCCC(=O)N1C(=O)C=C(OC)[C@H]1CCCCN. The Morgan fingerprint density at radius 1 is 1.35 bits per heavy atom. The van der Waals surface area contributed by atoms with Gasteiger partial charge in [0.15, 0.2) is 0 Å². The number of nitrogens with two attached hydrogens (primary N) is 1. The fourth-order valence-corrected chi connectivity index (χ4v) is 2.46. The summed E-state index contributed by atoms with van der Waals surface area (Å²) in [5.74, 6) is 0.251. The van der Waals surface area contributed by atoms with Gasteiger partial charge in [0.1, 0.15) is 5.76 Å². The second-order valence-corrected chi connectivity index (χ2v) is 5.11. The average molecular weight is 282 g/mol. The van der Waals surface area contributed by atoms with Crippen LogP contribution in [0.5, 0.6) is 0 Å². The summed E-state index contributed by atoms with van der Waals surface area (Å²) in [6, 6.07) is -0.242. The standard InChI is InChI=1S/C15H26N2O3/c1-3-4-5-9-14(18)17-12(8-6-7-10-16)13(20-2)11-15(17)19/h11-12H,3-10,16H2,1-2H3/t12-/m1/s1. The van der Waals surface area contributed by atoms with Gasteiger partial charge in [0.05, 0.1) is 13.2 Å². The van der Waals surface area contributed by atoms with Crippen LogP contribution in [0.1, 0.15) is 51.9 Å². The molecular weight excluding hydrogens is 256 g/mol. The molecule has 1 rings (SSSR count). The lowest BCUT2D eigenvalue weighted by molar-refractivity contribution is -0.143. The van der Waals surface area contributed by atoms with Gasteiger partial charge in [-0.2, -0.15) is 0 Å². The first kappa shape index (κ1) is 16.7. The molecule has 0 aromatic heterocycles. The van der Waals surface area contributed by atoms with Crippen LogP contribution in [0, 0.1) is 0 Å². The third kappa shape index (κ3) is 4.34. The summed E-state index contributed by atoms with van der Waals surface area (Å²) < 4.78 is 5.25. The van der Waals surface area contributed by atoms with Crippen LogP contribution in [-0.4, -0.2) is 36.4 Å². The lowest BCUT2D eigenvalue weighted by Crippen LogP contribution is -2.40. The van der Waals surface area contributed by atoms with E-state index < -0.39 is 0 Å². The summed E-state index contributed by atoms with van der Waals surface area (Å²) in [5.41, 5.74) is 5.49. The van der Waals surface area contributed by atoms with Gasteiger partial charge in [-0.1, -0.05) is 19.8 Å². The van der Waals surface area contributed by atoms with Crippen molar-refractivity contribution in [2.45, 2.75) is 57.9 Å². The maximum Gasteiger partial charge on any atom is 0.257 e. The predicted octanol–water partition coefficient (Wildman–Crippen LogP) is 1.96. The Labute approximate surface area is 121 Å². The largest absolute Gasteiger partial charge is 0.499 e. The lowest BCUT2D eigenvalue weighted by Gasteiger charge is -2.25. The van der Waals surface area contributed by atoms with Gasteiger partial charge in [0, 0.05) is 12.5 Å². The number of carbonyl (C=O) groups is 2. The van der Waals surface area contributed by atoms with Crippen molar-refractivity contribution in [3.8, 4) is 0 Å². The van der Waals surface area contributed by atoms with Crippen molar-refractivity contribution in [1.29, 1.82) is 0 Å². The number of amides is 2. The molecule has 0 aromatic rings. The third-order valence-corrected chi connectivity index (χ3v) is 3.57. The van der Waals surface area contributed by atoms with Crippen molar-refractivity contribution in [2.24, 2.45) is 5.73 Å². The molecule has 0 radical (unpaired) electrons. The fraction of sp³-hybridized carbons (Fsp3) is 0.733. The van der Waals surface area contributed by atoms with Crippen LogP contribution in [0.15, 0.2) is 11.8 Å². The number of unbranched alkanes of at least 4 members (excludes halogenated alkanes) is 3. The molecule has 1 atom stereocenters. The highest BCUT2D eigenvalue weighted by Gasteiger charge is 2.37. The molecule has 0 aliphatic carbocycles. The Morgan fingerprint density at radius 2 is 2.10 bits per heavy atom. The number of ether oxygens (including phenoxy) is 1. The number of methoxy groups -OCH3 is 1. The van der Waals surface area contributed by atoms with E-state index in [0.29, 0.717) is 18.7 Å². The third-order valence-electron chi connectivity index (χ3n) is 3.57. The van der Waals surface area contributed by atoms with Crippen LogP contribution in [0.3, 0.4) is 0 Å². The smallest absolute Gasteiger partial charge is 0.257 e. The van der Waals surface area contributed by atoms with Crippen LogP contribution in [0.4, 0.5) is 0 Å². The van der Waals surface area contributed by atoms with Crippen LogP contribution in [0.25, 0.3) is 0 Å². The minimum absolute atomic E-state index is 0.0931. The highest BCUT2D eigenvalue weighted by atomic mass is 16.5. The Balaban J connectivity index is 2.65. The van der Waals surface area contributed by atoms with E-state index in [0.717, 1.165) is 38.5 Å². The first-order chi connectivity index (χ1) is 9.65. The zero-order chi connectivity index (χ0) is 15.0. The van der Waals surface area contributed by atoms with E-state index in [4.69, 9.17) is 10.5 Å². The number of nitrogens with zero attached hydrogens (tertiary/aromatic N) is 1. The van der Waals surface area contributed by atoms with Gasteiger partial charge >= 0.3 is 0 Å². The molecule has 0 unspecified atom stereocenters. The number of hydrogen-bond donors (Lipinski definition) is 1. The minimum Gasteiger partial charge on any atom is -0.499 e. The first-order valence-corrected chi connectivity index (χ1v) is 7.47. The van der Waals surface area contributed by atoms with E-state index in [1.807, 2.05) is 0 Å². The van der Waals surface area contributed by atoms with Crippen molar-refractivity contribution in [1.82, 2.24) is 4.90 Å². The molecule has 5 heteroatoms. The summed E-state index contributed by atoms with van der Waals surface area (Å²) in [7, 11) is 1.54. The molecule has 0 saturated carbocycles. The van der Waals surface area contributed by atoms with Crippen molar-refractivity contribution in [3.05, 3.63) is 11.8 Å². The van der Waals surface area contributed by atoms with Gasteiger partial charge in [-0.15, -0.1) is 0 Å². The van der Waals surface area contributed by atoms with Gasteiger partial charge in [0.2, 0.25) is 5.91 Å². The number of carbonyl (C=O) groups excluding carboxylic acids is 2. The molecule has 1 heterocycles. The van der Waals surface area contributed by atoms with Crippen LogP contribution < -0.4 is 5.73 Å². The Hall–Kier alpha value is -1.36. The van der Waals surface area contributed by atoms with Crippen molar-refractivity contribution in [3.63, 3.8) is 0 Å². The molecular formula is C15H26N2O3. The highest BCUT2D eigenvalue weighted by molar-refractivity contribution is 6.04. The lowest BCUT2D eigenvalue weighted by atomic mass is 10.1. The fourth-order valence-electron chi connectivity index (χ4n) is 2.46. The van der Waals surface area contributed by atoms with Gasteiger partial charge in [0.25, 0.3) is 5.91 Å². The van der Waals surface area contributed by atoms with E-state index in [2.05, 4.69) is 6.92 Å². The van der Waals surface area contributed by atoms with Gasteiger partial charge in [-0.25, -0.2) is 0 Å². The molecule has 1 aliphatic rings. The zero-order valence-electron chi connectivity index (χ0n) is 12.6. The molecule has 0 aromatic carbocycles. The molecule has 1 aliphatic heterocycles. The molecule has 0 fully saturated rings. The summed E-state index contributed by atoms with van der Waals surface area (Å²) in [6.45, 7) is 2.71. The first-order valence-electron chi connectivity index (χ1n) is 7.47. The molecule has 0 saturated heterocycles. The van der Waals surface area contributed by atoms with Gasteiger partial charge < -0.3 is 10.5 Å². The topological polar surface area (TPSA) is 72.6 Å². The summed E-state index contributed by atoms with van der Waals surface area (Å²) in [5, 5.41) is 0. The summed E-state index contributed by atoms with van der Waals surface area (Å²) >= 11 is 0. The van der Waals surface area contributed by atoms with E-state index >= 15 is 0 Å². The molecule has 2 amide bonds. The maximum atomic E-state index is 12.2. The molecule has 0 bridgehead atoms. The van der Waals surface area contributed by atoms with E-state index in [9.17, 15) is 9.59 Å². The number of rotatable bonds is 9. The predicted molar refractivity (Wildman–Crippen MR) is 77.8 cm³/mol. The van der Waals surface area contributed by atoms with Crippen LogP contribution in [0.2, 0.25) is 0 Å². The number of imide groups is 1. The van der Waals surface area contributed by atoms with Crippen molar-refractivity contribution >= 4 is 11.8 Å². The second kappa shape index (κ2) is 8.74. The normalized spacial score (nSPS) is 18.4. The van der Waals surface area contributed by atoms with Crippen LogP contribution >= 0.6 is 0 Å². The Bertz CT molecular complexity index is 366. The highest BCUT2D eigenvalue weighted by Crippen LogP contribution is 2.26. The number of hydrogen-bond acceptors (Lipinski definition) is 4. The molecule has 114 valence electrons. The summed E-state index contributed by atoms with van der Waals surface area (Å²) in [4.78, 5) is 25.6. The van der Waals surface area contributed by atoms with Crippen LogP contribution in [-0.2, 0) is 14.3 Å². The van der Waals surface area contributed by atoms with Crippen molar-refractivity contribution in [2.75, 3.05) is 13.7 Å². The molecule has 2 N–H and O–H groups in total. The quantitative estimate of drug-likeness (QED) is 0.656. The molecule has 5 nitrogen and oxygen atoms in total. The Morgan fingerprint density at radius 3 is 2.70 bits per heavy atom. The van der Waals surface area contributed by atoms with E-state index in [1.165, 1.54) is 11.0 Å². The monoisotopic (exact) mass is 282 g/mol. The minimum atomic E-state index is -0.249.